The Morgan fingerprint density at radius 2 is 1.50 bits per heavy atom. The van der Waals surface area contributed by atoms with Crippen molar-refractivity contribution in [3.63, 3.8) is 0 Å². The van der Waals surface area contributed by atoms with E-state index in [4.69, 9.17) is 9.47 Å². The largest absolute Gasteiger partial charge is 0.486 e. The van der Waals surface area contributed by atoms with Crippen LogP contribution in [0.15, 0.2) is 71.6 Å². The highest BCUT2D eigenvalue weighted by Gasteiger charge is 2.34. The van der Waals surface area contributed by atoms with Crippen LogP contribution in [-0.4, -0.2) is 57.0 Å². The van der Waals surface area contributed by atoms with E-state index in [1.807, 2.05) is 0 Å². The number of halogens is 2. The average molecular weight is 628 g/mol. The predicted octanol–water partition coefficient (Wildman–Crippen LogP) is 4.80. The van der Waals surface area contributed by atoms with Crippen LogP contribution in [0.3, 0.4) is 0 Å². The van der Waals surface area contributed by atoms with E-state index in [1.165, 1.54) is 59.5 Å². The van der Waals surface area contributed by atoms with Gasteiger partial charge >= 0.3 is 0 Å². The van der Waals surface area contributed by atoms with Crippen LogP contribution in [0.1, 0.15) is 44.6 Å². The molecule has 5 rings (SSSR count). The molecule has 0 spiro atoms. The van der Waals surface area contributed by atoms with Crippen LogP contribution in [0, 0.1) is 11.6 Å². The number of carbonyl (C=O) groups excluding carboxylic acids is 2. The van der Waals surface area contributed by atoms with E-state index >= 15 is 0 Å². The van der Waals surface area contributed by atoms with Gasteiger partial charge in [-0.05, 0) is 73.9 Å². The summed E-state index contributed by atoms with van der Waals surface area (Å²) < 4.78 is 67.6. The van der Waals surface area contributed by atoms with E-state index in [-0.39, 0.29) is 41.4 Å². The molecule has 0 bridgehead atoms. The highest BCUT2D eigenvalue weighted by atomic mass is 32.2. The molecule has 9 nitrogen and oxygen atoms in total. The van der Waals surface area contributed by atoms with Crippen molar-refractivity contribution in [1.29, 1.82) is 0 Å². The van der Waals surface area contributed by atoms with Gasteiger partial charge in [0.15, 0.2) is 11.5 Å². The van der Waals surface area contributed by atoms with Crippen molar-refractivity contribution in [1.82, 2.24) is 10.2 Å². The summed E-state index contributed by atoms with van der Waals surface area (Å²) in [7, 11) is -4.40. The van der Waals surface area contributed by atoms with Crippen LogP contribution in [0.4, 0.5) is 14.5 Å². The number of fused-ring (bicyclic) bond motifs is 1. The number of hydrogen-bond acceptors (Lipinski definition) is 6. The molecule has 3 aromatic carbocycles. The third-order valence-corrected chi connectivity index (χ3v) is 9.65. The van der Waals surface area contributed by atoms with Crippen molar-refractivity contribution in [3.05, 3.63) is 83.9 Å². The van der Waals surface area contributed by atoms with Crippen molar-refractivity contribution in [2.45, 2.75) is 62.6 Å². The summed E-state index contributed by atoms with van der Waals surface area (Å²) in [6.07, 6.45) is 4.80. The molecule has 0 saturated heterocycles. The summed E-state index contributed by atoms with van der Waals surface area (Å²) in [6, 6.07) is 13.4. The molecular formula is C32H35F2N3O6S. The molecule has 44 heavy (non-hydrogen) atoms. The number of hydrogen-bond donors (Lipinski definition) is 1. The number of nitrogens with one attached hydrogen (secondary N) is 1. The summed E-state index contributed by atoms with van der Waals surface area (Å²) in [5.74, 6) is -1.44. The first-order valence-corrected chi connectivity index (χ1v) is 16.1. The number of sulfonamides is 1. The van der Waals surface area contributed by atoms with Gasteiger partial charge in [0.05, 0.1) is 10.6 Å². The minimum atomic E-state index is -4.40. The molecule has 1 aliphatic carbocycles. The van der Waals surface area contributed by atoms with Gasteiger partial charge in [-0.1, -0.05) is 31.4 Å². The minimum absolute atomic E-state index is 0.00669. The van der Waals surface area contributed by atoms with Crippen LogP contribution in [0.2, 0.25) is 0 Å². The molecule has 234 valence electrons. The molecule has 0 unspecified atom stereocenters. The maximum Gasteiger partial charge on any atom is 0.264 e. The Kier molecular flexibility index (Phi) is 9.68. The lowest BCUT2D eigenvalue weighted by Crippen LogP contribution is -2.53. The normalized spacial score (nSPS) is 15.7. The standard InChI is InChI=1S/C32H35F2N3O6S/c1-22(32(39)35-26-5-3-2-4-6-26)36(20-23-7-9-24(33)10-8-23)31(38)21-37(27-13-11-25(34)12-14-27)44(40,41)28-15-16-29-30(19-28)43-18-17-42-29/h7-16,19,22,26H,2-6,17-18,20-21H2,1H3,(H,35,39)/t22-/m0/s1. The van der Waals surface area contributed by atoms with Gasteiger partial charge in [-0.25, -0.2) is 17.2 Å². The predicted molar refractivity (Wildman–Crippen MR) is 160 cm³/mol. The number of carbonyl (C=O) groups is 2. The van der Waals surface area contributed by atoms with Gasteiger partial charge in [-0.15, -0.1) is 0 Å². The molecule has 1 heterocycles. The molecule has 1 fully saturated rings. The lowest BCUT2D eigenvalue weighted by Gasteiger charge is -2.33. The van der Waals surface area contributed by atoms with Crippen LogP contribution >= 0.6 is 0 Å². The molecule has 0 radical (unpaired) electrons. The number of benzene rings is 3. The Hall–Kier alpha value is -4.19. The average Bonchev–Trinajstić information content (AvgIpc) is 3.03. The zero-order valence-corrected chi connectivity index (χ0v) is 25.2. The third-order valence-electron chi connectivity index (χ3n) is 7.88. The zero-order chi connectivity index (χ0) is 31.3. The fraction of sp³-hybridized carbons (Fsp3) is 0.375. The van der Waals surface area contributed by atoms with Crippen LogP contribution < -0.4 is 19.1 Å². The van der Waals surface area contributed by atoms with Gasteiger partial charge < -0.3 is 19.7 Å². The van der Waals surface area contributed by atoms with E-state index < -0.39 is 40.2 Å². The number of amides is 2. The van der Waals surface area contributed by atoms with Crippen LogP contribution in [-0.2, 0) is 26.2 Å². The van der Waals surface area contributed by atoms with E-state index in [0.717, 1.165) is 48.5 Å². The lowest BCUT2D eigenvalue weighted by atomic mass is 9.95. The molecule has 0 aromatic heterocycles. The summed E-state index contributed by atoms with van der Waals surface area (Å²) in [5, 5.41) is 3.03. The van der Waals surface area contributed by atoms with Crippen molar-refractivity contribution in [2.75, 3.05) is 24.1 Å². The Morgan fingerprint density at radius 3 is 2.16 bits per heavy atom. The maximum atomic E-state index is 14.1. The van der Waals surface area contributed by atoms with Gasteiger partial charge in [-0.2, -0.15) is 0 Å². The molecule has 1 N–H and O–H groups in total. The van der Waals surface area contributed by atoms with Gasteiger partial charge in [-0.3, -0.25) is 13.9 Å². The fourth-order valence-electron chi connectivity index (χ4n) is 5.39. The fourth-order valence-corrected chi connectivity index (χ4v) is 6.82. The zero-order valence-electron chi connectivity index (χ0n) is 24.4. The van der Waals surface area contributed by atoms with Gasteiger partial charge in [0.2, 0.25) is 11.8 Å². The first-order valence-electron chi connectivity index (χ1n) is 14.6. The maximum absolute atomic E-state index is 14.1. The van der Waals surface area contributed by atoms with Crippen molar-refractivity contribution >= 4 is 27.5 Å². The number of ether oxygens (including phenoxy) is 2. The first-order chi connectivity index (χ1) is 21.1. The second-order valence-corrected chi connectivity index (χ2v) is 12.8. The summed E-state index contributed by atoms with van der Waals surface area (Å²) in [5.41, 5.74) is 0.607. The monoisotopic (exact) mass is 627 g/mol. The smallest absolute Gasteiger partial charge is 0.264 e. The molecule has 1 aliphatic heterocycles. The molecule has 2 aliphatic rings. The molecular weight excluding hydrogens is 592 g/mol. The summed E-state index contributed by atoms with van der Waals surface area (Å²) in [6.45, 7) is 1.39. The second-order valence-electron chi connectivity index (χ2n) is 11.0. The SMILES string of the molecule is C[C@@H](C(=O)NC1CCCCC1)N(Cc1ccc(F)cc1)C(=O)CN(c1ccc(F)cc1)S(=O)(=O)c1ccc2c(c1)OCCO2. The van der Waals surface area contributed by atoms with Gasteiger partial charge in [0.1, 0.15) is 37.4 Å². The van der Waals surface area contributed by atoms with E-state index in [2.05, 4.69) is 5.32 Å². The number of rotatable bonds is 10. The number of anilines is 1. The van der Waals surface area contributed by atoms with E-state index in [1.54, 1.807) is 6.92 Å². The molecule has 1 atom stereocenters. The highest BCUT2D eigenvalue weighted by molar-refractivity contribution is 7.92. The van der Waals surface area contributed by atoms with E-state index in [0.29, 0.717) is 17.9 Å². The molecule has 12 heteroatoms. The molecule has 2 amide bonds. The second kappa shape index (κ2) is 13.6. The third kappa shape index (κ3) is 7.29. The Balaban J connectivity index is 1.47. The summed E-state index contributed by atoms with van der Waals surface area (Å²) >= 11 is 0. The first kappa shape index (κ1) is 31.2. The highest BCUT2D eigenvalue weighted by Crippen LogP contribution is 2.34. The lowest BCUT2D eigenvalue weighted by molar-refractivity contribution is -0.139. The van der Waals surface area contributed by atoms with Gasteiger partial charge in [0, 0.05) is 18.7 Å². The van der Waals surface area contributed by atoms with Gasteiger partial charge in [0.25, 0.3) is 10.0 Å². The van der Waals surface area contributed by atoms with Crippen LogP contribution in [0.25, 0.3) is 0 Å². The van der Waals surface area contributed by atoms with Crippen molar-refractivity contribution in [3.8, 4) is 11.5 Å². The Bertz CT molecular complexity index is 1580. The van der Waals surface area contributed by atoms with Crippen molar-refractivity contribution < 1.29 is 36.3 Å². The Labute approximate surface area is 255 Å². The van der Waals surface area contributed by atoms with E-state index in [9.17, 15) is 26.8 Å². The van der Waals surface area contributed by atoms with Crippen LogP contribution in [0.5, 0.6) is 11.5 Å². The Morgan fingerprint density at radius 1 is 0.886 bits per heavy atom. The van der Waals surface area contributed by atoms with Crippen molar-refractivity contribution in [2.24, 2.45) is 0 Å². The topological polar surface area (TPSA) is 105 Å². The minimum Gasteiger partial charge on any atom is -0.486 e. The molecule has 3 aromatic rings. The molecule has 1 saturated carbocycles. The summed E-state index contributed by atoms with van der Waals surface area (Å²) in [4.78, 5) is 28.6. The quantitative estimate of drug-likeness (QED) is 0.347. The number of nitrogens with zero attached hydrogens (tertiary/aromatic N) is 2.